The lowest BCUT2D eigenvalue weighted by atomic mass is 9.96. The minimum absolute atomic E-state index is 0.131. The highest BCUT2D eigenvalue weighted by atomic mass is 35.5. The molecule has 1 aliphatic carbocycles. The molecule has 0 aromatic heterocycles. The molecule has 1 N–H and O–H groups in total. The van der Waals surface area contributed by atoms with Crippen molar-refractivity contribution in [2.24, 2.45) is 0 Å². The Labute approximate surface area is 55.2 Å². The van der Waals surface area contributed by atoms with Crippen LogP contribution in [0, 0.1) is 0 Å². The largest absolute Gasteiger partial charge is 0.254 e. The molecule has 0 heterocycles. The first-order valence-corrected chi connectivity index (χ1v) is 3.58. The van der Waals surface area contributed by atoms with Gasteiger partial charge in [0.05, 0.1) is 0 Å². The van der Waals surface area contributed by atoms with E-state index in [0.717, 1.165) is 25.7 Å². The molecular weight excluding hydrogens is 122 g/mol. The maximum atomic E-state index is 7.32. The summed E-state index contributed by atoms with van der Waals surface area (Å²) in [7, 11) is 0. The summed E-state index contributed by atoms with van der Waals surface area (Å²) < 4.78 is 0. The number of halogens is 1. The van der Waals surface area contributed by atoms with Crippen LogP contribution in [0.25, 0.3) is 0 Å². The minimum atomic E-state index is 0.131. The zero-order valence-electron chi connectivity index (χ0n) is 4.86. The molecule has 0 bridgehead atoms. The predicted molar refractivity (Wildman–Crippen MR) is 35.0 cm³/mol. The third-order valence-electron chi connectivity index (χ3n) is 1.61. The van der Waals surface area contributed by atoms with Gasteiger partial charge in [-0.05, 0) is 19.3 Å². The van der Waals surface area contributed by atoms with Gasteiger partial charge in [-0.15, -0.1) is 11.6 Å². The SMILES string of the molecule is [NH]C1CCCC(Cl)C1. The normalized spacial score (nSPS) is 39.8. The molecule has 1 radical (unpaired) electrons. The van der Waals surface area contributed by atoms with Crippen molar-refractivity contribution >= 4 is 11.6 Å². The van der Waals surface area contributed by atoms with Crippen molar-refractivity contribution in [1.29, 1.82) is 0 Å². The molecule has 47 valence electrons. The van der Waals surface area contributed by atoms with Gasteiger partial charge in [-0.2, -0.15) is 0 Å². The summed E-state index contributed by atoms with van der Waals surface area (Å²) >= 11 is 5.79. The van der Waals surface area contributed by atoms with Crippen LogP contribution in [0.2, 0.25) is 0 Å². The molecule has 0 amide bonds. The Bertz CT molecular complexity index is 66.9. The third kappa shape index (κ3) is 1.64. The number of hydrogen-bond donors (Lipinski definition) is 0. The number of nitrogens with one attached hydrogen (secondary N) is 1. The molecule has 0 aromatic rings. The van der Waals surface area contributed by atoms with Gasteiger partial charge < -0.3 is 0 Å². The van der Waals surface area contributed by atoms with Crippen LogP contribution < -0.4 is 5.73 Å². The maximum absolute atomic E-state index is 7.32. The molecular formula is C6H11ClN. The fourth-order valence-corrected chi connectivity index (χ4v) is 1.50. The summed E-state index contributed by atoms with van der Waals surface area (Å²) in [5.74, 6) is 0. The fourth-order valence-electron chi connectivity index (χ4n) is 1.13. The standard InChI is InChI=1S/C6H11ClN/c7-5-2-1-3-6(8)4-5/h5-6,8H,1-4H2. The summed E-state index contributed by atoms with van der Waals surface area (Å²) in [6, 6.07) is 0.131. The molecule has 1 rings (SSSR count). The summed E-state index contributed by atoms with van der Waals surface area (Å²) in [6.45, 7) is 0. The zero-order chi connectivity index (χ0) is 5.98. The van der Waals surface area contributed by atoms with Crippen LogP contribution in [0.15, 0.2) is 0 Å². The third-order valence-corrected chi connectivity index (χ3v) is 2.01. The molecule has 1 nitrogen and oxygen atoms in total. The Morgan fingerprint density at radius 3 is 2.50 bits per heavy atom. The van der Waals surface area contributed by atoms with Gasteiger partial charge in [0.15, 0.2) is 0 Å². The lowest BCUT2D eigenvalue weighted by molar-refractivity contribution is 0.438. The minimum Gasteiger partial charge on any atom is -0.254 e. The Kier molecular flexibility index (Phi) is 2.15. The first-order valence-electron chi connectivity index (χ1n) is 3.14. The topological polar surface area (TPSA) is 23.8 Å². The van der Waals surface area contributed by atoms with Gasteiger partial charge in [-0.3, -0.25) is 5.73 Å². The quantitative estimate of drug-likeness (QED) is 0.449. The van der Waals surface area contributed by atoms with E-state index in [1.165, 1.54) is 0 Å². The molecule has 1 fully saturated rings. The van der Waals surface area contributed by atoms with E-state index in [4.69, 9.17) is 17.3 Å². The lowest BCUT2D eigenvalue weighted by Crippen LogP contribution is -2.20. The molecule has 0 saturated heterocycles. The van der Waals surface area contributed by atoms with Crippen LogP contribution in [-0.4, -0.2) is 11.4 Å². The van der Waals surface area contributed by atoms with E-state index >= 15 is 0 Å². The summed E-state index contributed by atoms with van der Waals surface area (Å²) in [5, 5.41) is 0.297. The van der Waals surface area contributed by atoms with E-state index in [-0.39, 0.29) is 6.04 Å². The van der Waals surface area contributed by atoms with Gasteiger partial charge in [0, 0.05) is 11.4 Å². The van der Waals surface area contributed by atoms with Crippen molar-refractivity contribution in [1.82, 2.24) is 5.73 Å². The van der Waals surface area contributed by atoms with E-state index in [1.54, 1.807) is 0 Å². The summed E-state index contributed by atoms with van der Waals surface area (Å²) in [5.41, 5.74) is 7.32. The van der Waals surface area contributed by atoms with Crippen molar-refractivity contribution in [2.45, 2.75) is 37.1 Å². The van der Waals surface area contributed by atoms with Crippen LogP contribution in [-0.2, 0) is 0 Å². The van der Waals surface area contributed by atoms with Crippen LogP contribution >= 0.6 is 11.6 Å². The van der Waals surface area contributed by atoms with E-state index in [9.17, 15) is 0 Å². The molecule has 0 spiro atoms. The smallest absolute Gasteiger partial charge is 0.0351 e. The van der Waals surface area contributed by atoms with Gasteiger partial charge in [0.25, 0.3) is 0 Å². The molecule has 1 saturated carbocycles. The predicted octanol–water partition coefficient (Wildman–Crippen LogP) is 1.82. The first kappa shape index (κ1) is 6.37. The first-order chi connectivity index (χ1) is 3.79. The Balaban J connectivity index is 2.23. The monoisotopic (exact) mass is 132 g/mol. The van der Waals surface area contributed by atoms with Gasteiger partial charge in [0.2, 0.25) is 0 Å². The molecule has 2 atom stereocenters. The van der Waals surface area contributed by atoms with Crippen molar-refractivity contribution in [3.63, 3.8) is 0 Å². The van der Waals surface area contributed by atoms with Crippen molar-refractivity contribution in [3.05, 3.63) is 0 Å². The van der Waals surface area contributed by atoms with E-state index in [0.29, 0.717) is 5.38 Å². The highest BCUT2D eigenvalue weighted by Gasteiger charge is 2.16. The Morgan fingerprint density at radius 2 is 2.12 bits per heavy atom. The second-order valence-corrected chi connectivity index (χ2v) is 3.08. The fraction of sp³-hybridized carbons (Fsp3) is 1.00. The van der Waals surface area contributed by atoms with Crippen molar-refractivity contribution in [3.8, 4) is 0 Å². The molecule has 0 aliphatic heterocycles. The van der Waals surface area contributed by atoms with E-state index < -0.39 is 0 Å². The number of alkyl halides is 1. The van der Waals surface area contributed by atoms with Crippen LogP contribution in [0.3, 0.4) is 0 Å². The van der Waals surface area contributed by atoms with Gasteiger partial charge in [-0.25, -0.2) is 0 Å². The van der Waals surface area contributed by atoms with Gasteiger partial charge in [-0.1, -0.05) is 6.42 Å². The molecule has 2 heteroatoms. The van der Waals surface area contributed by atoms with Crippen LogP contribution in [0.5, 0.6) is 0 Å². The number of hydrogen-bond acceptors (Lipinski definition) is 0. The molecule has 0 aromatic carbocycles. The second-order valence-electron chi connectivity index (χ2n) is 2.46. The highest BCUT2D eigenvalue weighted by Crippen LogP contribution is 2.21. The van der Waals surface area contributed by atoms with E-state index in [1.807, 2.05) is 0 Å². The average molecular weight is 133 g/mol. The lowest BCUT2D eigenvalue weighted by Gasteiger charge is -2.20. The van der Waals surface area contributed by atoms with Gasteiger partial charge >= 0.3 is 0 Å². The van der Waals surface area contributed by atoms with Crippen molar-refractivity contribution in [2.75, 3.05) is 0 Å². The molecule has 8 heavy (non-hydrogen) atoms. The van der Waals surface area contributed by atoms with Crippen LogP contribution in [0.1, 0.15) is 25.7 Å². The highest BCUT2D eigenvalue weighted by molar-refractivity contribution is 6.20. The van der Waals surface area contributed by atoms with Crippen LogP contribution in [0.4, 0.5) is 0 Å². The number of rotatable bonds is 0. The zero-order valence-corrected chi connectivity index (χ0v) is 5.62. The average Bonchev–Trinajstić information content (AvgIpc) is 1.64. The second kappa shape index (κ2) is 2.70. The molecule has 1 aliphatic rings. The Hall–Kier alpha value is 0.250. The maximum Gasteiger partial charge on any atom is 0.0351 e. The van der Waals surface area contributed by atoms with E-state index in [2.05, 4.69) is 0 Å². The van der Waals surface area contributed by atoms with Gasteiger partial charge in [0.1, 0.15) is 0 Å². The summed E-state index contributed by atoms with van der Waals surface area (Å²) in [6.07, 6.45) is 4.24. The molecule has 2 unspecified atom stereocenters. The summed E-state index contributed by atoms with van der Waals surface area (Å²) in [4.78, 5) is 0. The van der Waals surface area contributed by atoms with Crippen molar-refractivity contribution < 1.29 is 0 Å². The Morgan fingerprint density at radius 1 is 1.38 bits per heavy atom.